The van der Waals surface area contributed by atoms with E-state index >= 15 is 0 Å². The Hall–Kier alpha value is -0.210. The molecule has 0 heterocycles. The lowest BCUT2D eigenvalue weighted by Gasteiger charge is -2.15. The predicted octanol–water partition coefficient (Wildman–Crippen LogP) is 2.60. The second kappa shape index (κ2) is 5.44. The van der Waals surface area contributed by atoms with Crippen molar-refractivity contribution in [1.29, 1.82) is 0 Å². The molecule has 1 aliphatic carbocycles. The molecule has 68 valence electrons. The van der Waals surface area contributed by atoms with E-state index in [-0.39, 0.29) is 0 Å². The van der Waals surface area contributed by atoms with Crippen LogP contribution in [-0.4, -0.2) is 18.5 Å². The average molecular weight is 184 g/mol. The summed E-state index contributed by atoms with van der Waals surface area (Å²) < 4.78 is 5.59. The van der Waals surface area contributed by atoms with Crippen LogP contribution in [0.2, 0.25) is 0 Å². The number of hydrogen-bond donors (Lipinski definition) is 1. The summed E-state index contributed by atoms with van der Waals surface area (Å²) in [5.41, 5.74) is 1.34. The maximum Gasteiger partial charge on any atom is 0.0793 e. The third-order valence-corrected chi connectivity index (χ3v) is 2.20. The van der Waals surface area contributed by atoms with Crippen LogP contribution in [-0.2, 0) is 4.74 Å². The Kier molecular flexibility index (Phi) is 4.48. The second-order valence-corrected chi connectivity index (χ2v) is 3.48. The zero-order valence-corrected chi connectivity index (χ0v) is 8.39. The van der Waals surface area contributed by atoms with Gasteiger partial charge in [0, 0.05) is 6.61 Å². The van der Waals surface area contributed by atoms with Gasteiger partial charge in [-0.05, 0) is 25.5 Å². The van der Waals surface area contributed by atoms with Crippen LogP contribution in [0.3, 0.4) is 0 Å². The Labute approximate surface area is 79.9 Å². The number of thiol groups is 1. The van der Waals surface area contributed by atoms with Gasteiger partial charge in [-0.1, -0.05) is 23.8 Å². The van der Waals surface area contributed by atoms with Crippen LogP contribution in [0.25, 0.3) is 0 Å². The molecule has 0 spiro atoms. The first-order valence-electron chi connectivity index (χ1n) is 4.40. The minimum atomic E-state index is 0.300. The van der Waals surface area contributed by atoms with Crippen LogP contribution in [0, 0.1) is 0 Å². The lowest BCUT2D eigenvalue weighted by atomic mass is 10.1. The summed E-state index contributed by atoms with van der Waals surface area (Å²) in [5.74, 6) is 0.908. The van der Waals surface area contributed by atoms with Crippen LogP contribution in [0.15, 0.2) is 23.8 Å². The highest BCUT2D eigenvalue weighted by Crippen LogP contribution is 2.12. The van der Waals surface area contributed by atoms with Crippen LogP contribution < -0.4 is 0 Å². The lowest BCUT2D eigenvalue weighted by Crippen LogP contribution is -2.12. The lowest BCUT2D eigenvalue weighted by molar-refractivity contribution is 0.0874. The van der Waals surface area contributed by atoms with Crippen molar-refractivity contribution in [2.45, 2.75) is 25.9 Å². The summed E-state index contributed by atoms with van der Waals surface area (Å²) >= 11 is 4.12. The zero-order valence-electron chi connectivity index (χ0n) is 7.49. The van der Waals surface area contributed by atoms with Gasteiger partial charge in [0.15, 0.2) is 0 Å². The summed E-state index contributed by atoms with van der Waals surface area (Å²) in [5, 5.41) is 0. The second-order valence-electron chi connectivity index (χ2n) is 3.03. The Morgan fingerprint density at radius 1 is 1.67 bits per heavy atom. The monoisotopic (exact) mass is 184 g/mol. The molecule has 0 aromatic heterocycles. The molecule has 12 heavy (non-hydrogen) atoms. The van der Waals surface area contributed by atoms with Crippen molar-refractivity contribution >= 4 is 12.6 Å². The van der Waals surface area contributed by atoms with Gasteiger partial charge in [0.1, 0.15) is 0 Å². The molecule has 0 aliphatic heterocycles. The standard InChI is InChI=1S/C10H16OS/c1-9-3-5-10(6-4-9)11-7-2-8-12/h3-5,10,12H,2,6-8H2,1H3. The predicted molar refractivity (Wildman–Crippen MR) is 55.7 cm³/mol. The fraction of sp³-hybridized carbons (Fsp3) is 0.600. The van der Waals surface area contributed by atoms with Gasteiger partial charge in [-0.15, -0.1) is 0 Å². The molecule has 1 rings (SSSR count). The van der Waals surface area contributed by atoms with E-state index in [2.05, 4.69) is 37.8 Å². The summed E-state index contributed by atoms with van der Waals surface area (Å²) in [6.07, 6.45) is 8.83. The van der Waals surface area contributed by atoms with E-state index in [0.29, 0.717) is 6.10 Å². The molecule has 1 unspecified atom stereocenters. The molecule has 0 aromatic carbocycles. The third-order valence-electron chi connectivity index (χ3n) is 1.88. The molecule has 0 saturated carbocycles. The van der Waals surface area contributed by atoms with Crippen molar-refractivity contribution in [2.24, 2.45) is 0 Å². The summed E-state index contributed by atoms with van der Waals surface area (Å²) in [6.45, 7) is 2.94. The molecule has 0 fully saturated rings. The maximum atomic E-state index is 5.59. The number of rotatable bonds is 4. The van der Waals surface area contributed by atoms with Gasteiger partial charge >= 0.3 is 0 Å². The van der Waals surface area contributed by atoms with Crippen molar-refractivity contribution in [3.63, 3.8) is 0 Å². The van der Waals surface area contributed by atoms with E-state index in [0.717, 1.165) is 25.2 Å². The Morgan fingerprint density at radius 2 is 2.50 bits per heavy atom. The zero-order chi connectivity index (χ0) is 8.81. The first-order valence-corrected chi connectivity index (χ1v) is 5.03. The SMILES string of the molecule is CC1=CCC(OCCCS)C=C1. The molecule has 1 atom stereocenters. The van der Waals surface area contributed by atoms with Gasteiger partial charge in [0.2, 0.25) is 0 Å². The van der Waals surface area contributed by atoms with Crippen molar-refractivity contribution in [3.05, 3.63) is 23.8 Å². The van der Waals surface area contributed by atoms with Crippen molar-refractivity contribution < 1.29 is 4.74 Å². The van der Waals surface area contributed by atoms with Gasteiger partial charge in [-0.25, -0.2) is 0 Å². The quantitative estimate of drug-likeness (QED) is 0.522. The molecule has 0 amide bonds. The molecule has 0 aromatic rings. The van der Waals surface area contributed by atoms with E-state index in [4.69, 9.17) is 4.74 Å². The first-order chi connectivity index (χ1) is 5.83. The Balaban J connectivity index is 2.16. The average Bonchev–Trinajstić information content (AvgIpc) is 2.09. The third kappa shape index (κ3) is 3.46. The Bertz CT molecular complexity index is 184. The smallest absolute Gasteiger partial charge is 0.0793 e. The molecule has 0 radical (unpaired) electrons. The topological polar surface area (TPSA) is 9.23 Å². The largest absolute Gasteiger partial charge is 0.374 e. The molecule has 0 bridgehead atoms. The number of hydrogen-bond acceptors (Lipinski definition) is 2. The van der Waals surface area contributed by atoms with Crippen molar-refractivity contribution in [1.82, 2.24) is 0 Å². The van der Waals surface area contributed by atoms with Crippen LogP contribution in [0.1, 0.15) is 19.8 Å². The number of ether oxygens (including phenoxy) is 1. The van der Waals surface area contributed by atoms with Crippen LogP contribution >= 0.6 is 12.6 Å². The molecular formula is C10H16OS. The molecule has 0 N–H and O–H groups in total. The number of allylic oxidation sites excluding steroid dienone is 2. The summed E-state index contributed by atoms with van der Waals surface area (Å²) in [6, 6.07) is 0. The van der Waals surface area contributed by atoms with Gasteiger partial charge in [-0.2, -0.15) is 12.6 Å². The van der Waals surface area contributed by atoms with Crippen LogP contribution in [0.5, 0.6) is 0 Å². The highest BCUT2D eigenvalue weighted by Gasteiger charge is 2.05. The highest BCUT2D eigenvalue weighted by atomic mass is 32.1. The minimum Gasteiger partial charge on any atom is -0.374 e. The summed E-state index contributed by atoms with van der Waals surface area (Å²) in [4.78, 5) is 0. The van der Waals surface area contributed by atoms with Gasteiger partial charge in [0.25, 0.3) is 0 Å². The van der Waals surface area contributed by atoms with E-state index in [9.17, 15) is 0 Å². The molecule has 1 aliphatic rings. The molecular weight excluding hydrogens is 168 g/mol. The van der Waals surface area contributed by atoms with Crippen molar-refractivity contribution in [3.8, 4) is 0 Å². The Morgan fingerprint density at radius 3 is 3.08 bits per heavy atom. The first kappa shape index (κ1) is 9.87. The molecule has 0 saturated heterocycles. The molecule has 2 heteroatoms. The van der Waals surface area contributed by atoms with E-state index in [1.165, 1.54) is 5.57 Å². The van der Waals surface area contributed by atoms with E-state index in [1.54, 1.807) is 0 Å². The van der Waals surface area contributed by atoms with Gasteiger partial charge in [-0.3, -0.25) is 0 Å². The van der Waals surface area contributed by atoms with Gasteiger partial charge in [0.05, 0.1) is 6.10 Å². The maximum absolute atomic E-state index is 5.59. The fourth-order valence-electron chi connectivity index (χ4n) is 1.13. The van der Waals surface area contributed by atoms with Gasteiger partial charge < -0.3 is 4.74 Å². The minimum absolute atomic E-state index is 0.300. The van der Waals surface area contributed by atoms with E-state index in [1.807, 2.05) is 0 Å². The highest BCUT2D eigenvalue weighted by molar-refractivity contribution is 7.80. The van der Waals surface area contributed by atoms with Crippen LogP contribution in [0.4, 0.5) is 0 Å². The van der Waals surface area contributed by atoms with Crippen molar-refractivity contribution in [2.75, 3.05) is 12.4 Å². The molecule has 1 nitrogen and oxygen atoms in total. The normalized spacial score (nSPS) is 22.5. The summed E-state index contributed by atoms with van der Waals surface area (Å²) in [7, 11) is 0. The fourth-order valence-corrected chi connectivity index (χ4v) is 1.26. The van der Waals surface area contributed by atoms with E-state index < -0.39 is 0 Å².